The van der Waals surface area contributed by atoms with Crippen LogP contribution in [0.4, 0.5) is 17.2 Å². The van der Waals surface area contributed by atoms with Crippen LogP contribution in [-0.2, 0) is 25.7 Å². The van der Waals surface area contributed by atoms with E-state index in [-0.39, 0.29) is 0 Å². The molecule has 9 rings (SSSR count). The molecule has 0 unspecified atom stereocenters. The average Bonchev–Trinajstić information content (AvgIpc) is 3.47. The highest BCUT2D eigenvalue weighted by atomic mass is 15.2. The van der Waals surface area contributed by atoms with Crippen LogP contribution in [0.2, 0.25) is 0 Å². The monoisotopic (exact) mass is 446 g/mol. The summed E-state index contributed by atoms with van der Waals surface area (Å²) in [5, 5.41) is 0. The third-order valence-corrected chi connectivity index (χ3v) is 8.63. The van der Waals surface area contributed by atoms with E-state index in [9.17, 15) is 0 Å². The van der Waals surface area contributed by atoms with E-state index < -0.39 is 0 Å². The maximum Gasteiger partial charge on any atom is 0.141 e. The summed E-state index contributed by atoms with van der Waals surface area (Å²) in [6.45, 7) is 0. The standard InChI is InChI=1S/C33H22N2/c1-3-9-23-19(6-1)15-26-24(23)11-12-25-27-17-22-14-21-8-5-13-34-33(21)35-31-10-4-2-7-20(31)16-30(32(22)35)29(27)18-28(25)26/h1-13,17H,14-16,18H2. The summed E-state index contributed by atoms with van der Waals surface area (Å²) in [5.74, 6) is 1.10. The van der Waals surface area contributed by atoms with E-state index in [0.29, 0.717) is 0 Å². The van der Waals surface area contributed by atoms with Crippen LogP contribution in [0.5, 0.6) is 0 Å². The van der Waals surface area contributed by atoms with Gasteiger partial charge in [0.15, 0.2) is 0 Å². The van der Waals surface area contributed by atoms with Gasteiger partial charge in [0.1, 0.15) is 5.82 Å². The Bertz CT molecular complexity index is 1750. The second-order valence-corrected chi connectivity index (χ2v) is 10.3. The summed E-state index contributed by atoms with van der Waals surface area (Å²) in [6, 6.07) is 29.4. The zero-order valence-corrected chi connectivity index (χ0v) is 19.3. The normalized spacial score (nSPS) is 14.9. The molecule has 0 fully saturated rings. The number of anilines is 3. The van der Waals surface area contributed by atoms with Crippen molar-refractivity contribution in [2.45, 2.75) is 25.7 Å². The lowest BCUT2D eigenvalue weighted by Crippen LogP contribution is -2.26. The molecule has 0 amide bonds. The molecule has 0 atom stereocenters. The molecule has 0 N–H and O–H groups in total. The van der Waals surface area contributed by atoms with Crippen LogP contribution in [-0.4, -0.2) is 4.98 Å². The third kappa shape index (κ3) is 2.23. The minimum atomic E-state index is 0.948. The van der Waals surface area contributed by atoms with Crippen LogP contribution < -0.4 is 4.90 Å². The third-order valence-electron chi connectivity index (χ3n) is 8.63. The molecule has 164 valence electrons. The predicted octanol–water partition coefficient (Wildman–Crippen LogP) is 7.50. The molecule has 0 bridgehead atoms. The molecule has 5 aromatic rings. The molecule has 0 saturated heterocycles. The lowest BCUT2D eigenvalue weighted by molar-refractivity contribution is 0.968. The molecule has 4 aromatic carbocycles. The molecule has 2 nitrogen and oxygen atoms in total. The maximum atomic E-state index is 4.87. The number of hydrogen-bond donors (Lipinski definition) is 0. The number of pyridine rings is 1. The summed E-state index contributed by atoms with van der Waals surface area (Å²) >= 11 is 0. The Kier molecular flexibility index (Phi) is 3.27. The van der Waals surface area contributed by atoms with Crippen molar-refractivity contribution < 1.29 is 0 Å². The van der Waals surface area contributed by atoms with E-state index in [2.05, 4.69) is 83.8 Å². The number of fused-ring (bicyclic) bond motifs is 12. The smallest absolute Gasteiger partial charge is 0.141 e. The fourth-order valence-corrected chi connectivity index (χ4v) is 7.17. The Morgan fingerprint density at radius 3 is 2.17 bits per heavy atom. The van der Waals surface area contributed by atoms with Gasteiger partial charge in [-0.25, -0.2) is 4.98 Å². The maximum absolute atomic E-state index is 4.87. The molecule has 4 aliphatic rings. The van der Waals surface area contributed by atoms with Crippen LogP contribution in [0.1, 0.15) is 44.5 Å². The van der Waals surface area contributed by atoms with Gasteiger partial charge in [-0.2, -0.15) is 0 Å². The minimum absolute atomic E-state index is 0.948. The lowest BCUT2D eigenvalue weighted by Gasteiger charge is -2.39. The number of rotatable bonds is 0. The molecule has 2 aliphatic carbocycles. The first-order valence-electron chi connectivity index (χ1n) is 12.6. The largest absolute Gasteiger partial charge is 0.294 e. The first-order chi connectivity index (χ1) is 17.3. The molecule has 3 heterocycles. The van der Waals surface area contributed by atoms with Crippen LogP contribution in [0, 0.1) is 0 Å². The summed E-state index contributed by atoms with van der Waals surface area (Å²) in [7, 11) is 0. The van der Waals surface area contributed by atoms with Gasteiger partial charge in [-0.1, -0.05) is 60.7 Å². The van der Waals surface area contributed by atoms with Gasteiger partial charge in [0, 0.05) is 19.0 Å². The zero-order chi connectivity index (χ0) is 22.7. The van der Waals surface area contributed by atoms with Crippen LogP contribution >= 0.6 is 0 Å². The Labute approximate surface area is 204 Å². The average molecular weight is 447 g/mol. The molecule has 0 saturated carbocycles. The number of aromatic nitrogens is 1. The fourth-order valence-electron chi connectivity index (χ4n) is 7.17. The first-order valence-corrected chi connectivity index (χ1v) is 12.6. The number of nitrogens with zero attached hydrogens (tertiary/aromatic N) is 2. The fraction of sp³-hybridized carbons (Fsp3) is 0.121. The van der Waals surface area contributed by atoms with E-state index in [1.165, 1.54) is 67.0 Å². The topological polar surface area (TPSA) is 16.1 Å². The molecule has 0 spiro atoms. The predicted molar refractivity (Wildman–Crippen MR) is 141 cm³/mol. The van der Waals surface area contributed by atoms with Crippen LogP contribution in [0.3, 0.4) is 0 Å². The highest BCUT2D eigenvalue weighted by Gasteiger charge is 2.37. The van der Waals surface area contributed by atoms with E-state index in [0.717, 1.165) is 31.5 Å². The Hall–Kier alpha value is -4.17. The van der Waals surface area contributed by atoms with E-state index in [1.807, 2.05) is 6.20 Å². The molecule has 1 aromatic heterocycles. The highest BCUT2D eigenvalue weighted by Crippen LogP contribution is 2.55. The molecular weight excluding hydrogens is 424 g/mol. The van der Waals surface area contributed by atoms with Gasteiger partial charge in [0.05, 0.1) is 11.4 Å². The Morgan fingerprint density at radius 2 is 1.23 bits per heavy atom. The van der Waals surface area contributed by atoms with Crippen LogP contribution in [0.15, 0.2) is 85.1 Å². The first kappa shape index (κ1) is 18.2. The Balaban J connectivity index is 1.30. The zero-order valence-electron chi connectivity index (χ0n) is 19.3. The molecule has 35 heavy (non-hydrogen) atoms. The summed E-state index contributed by atoms with van der Waals surface area (Å²) < 4.78 is 0. The van der Waals surface area contributed by atoms with Crippen molar-refractivity contribution >= 4 is 17.2 Å². The minimum Gasteiger partial charge on any atom is -0.294 e. The summed E-state index contributed by atoms with van der Waals surface area (Å²) in [4.78, 5) is 7.32. The van der Waals surface area contributed by atoms with Crippen molar-refractivity contribution in [3.8, 4) is 22.3 Å². The summed E-state index contributed by atoms with van der Waals surface area (Å²) in [6.07, 6.45) is 5.97. The van der Waals surface area contributed by atoms with Crippen molar-refractivity contribution in [2.75, 3.05) is 4.90 Å². The van der Waals surface area contributed by atoms with Gasteiger partial charge in [-0.3, -0.25) is 4.90 Å². The van der Waals surface area contributed by atoms with E-state index >= 15 is 0 Å². The Morgan fingerprint density at radius 1 is 0.514 bits per heavy atom. The number of benzene rings is 4. The van der Waals surface area contributed by atoms with Crippen molar-refractivity contribution in [1.29, 1.82) is 0 Å². The van der Waals surface area contributed by atoms with E-state index in [4.69, 9.17) is 4.98 Å². The van der Waals surface area contributed by atoms with Gasteiger partial charge in [-0.05, 0) is 97.8 Å². The highest BCUT2D eigenvalue weighted by molar-refractivity contribution is 5.94. The lowest BCUT2D eigenvalue weighted by atomic mass is 9.83. The van der Waals surface area contributed by atoms with E-state index in [1.54, 1.807) is 11.1 Å². The second-order valence-electron chi connectivity index (χ2n) is 10.3. The van der Waals surface area contributed by atoms with Gasteiger partial charge in [-0.15, -0.1) is 0 Å². The second kappa shape index (κ2) is 6.28. The van der Waals surface area contributed by atoms with Gasteiger partial charge >= 0.3 is 0 Å². The molecule has 0 radical (unpaired) electrons. The van der Waals surface area contributed by atoms with Gasteiger partial charge in [0.25, 0.3) is 0 Å². The van der Waals surface area contributed by atoms with Crippen molar-refractivity contribution in [2.24, 2.45) is 0 Å². The van der Waals surface area contributed by atoms with Gasteiger partial charge in [0.2, 0.25) is 0 Å². The summed E-state index contributed by atoms with van der Waals surface area (Å²) in [5.41, 5.74) is 20.2. The van der Waals surface area contributed by atoms with Crippen molar-refractivity contribution in [3.63, 3.8) is 0 Å². The quantitative estimate of drug-likeness (QED) is 0.240. The van der Waals surface area contributed by atoms with Crippen molar-refractivity contribution in [3.05, 3.63) is 130 Å². The number of para-hydroxylation sites is 1. The number of hydrogen-bond acceptors (Lipinski definition) is 2. The SMILES string of the molecule is c1ccc2c(c1)Cc1c-2ccc2c1Cc1c-2cc2c3c1Cc1ccccc1N3c1ncccc1C2. The van der Waals surface area contributed by atoms with Gasteiger partial charge < -0.3 is 0 Å². The molecular formula is C33H22N2. The molecule has 2 aliphatic heterocycles. The molecule has 2 heteroatoms. The van der Waals surface area contributed by atoms with Crippen molar-refractivity contribution in [1.82, 2.24) is 4.98 Å². The van der Waals surface area contributed by atoms with Crippen LogP contribution in [0.25, 0.3) is 22.3 Å².